The van der Waals surface area contributed by atoms with Gasteiger partial charge in [-0.05, 0) is 25.0 Å². The van der Waals surface area contributed by atoms with Crippen LogP contribution in [0.15, 0.2) is 40.2 Å². The van der Waals surface area contributed by atoms with E-state index in [1.165, 1.54) is 30.6 Å². The van der Waals surface area contributed by atoms with Crippen molar-refractivity contribution in [1.29, 1.82) is 0 Å². The van der Waals surface area contributed by atoms with Crippen LogP contribution in [0.4, 0.5) is 0 Å². The Labute approximate surface area is 142 Å². The van der Waals surface area contributed by atoms with Crippen molar-refractivity contribution in [2.24, 2.45) is 4.99 Å². The molecule has 2 aliphatic rings. The first-order chi connectivity index (χ1) is 9.36. The Morgan fingerprint density at radius 2 is 1.95 bits per heavy atom. The van der Waals surface area contributed by atoms with E-state index in [-0.39, 0.29) is 24.0 Å². The third-order valence-electron chi connectivity index (χ3n) is 3.84. The van der Waals surface area contributed by atoms with Crippen molar-refractivity contribution in [2.45, 2.75) is 35.3 Å². The van der Waals surface area contributed by atoms with Crippen molar-refractivity contribution in [2.75, 3.05) is 19.6 Å². The Bertz CT molecular complexity index is 444. The normalized spacial score (nSPS) is 19.9. The molecule has 1 aliphatic carbocycles. The van der Waals surface area contributed by atoms with Gasteiger partial charge in [0.05, 0.1) is 6.54 Å². The molecule has 5 heteroatoms. The third-order valence-corrected chi connectivity index (χ3v) is 5.34. The number of nitrogens with one attached hydrogen (secondary N) is 2. The minimum absolute atomic E-state index is 0. The highest BCUT2D eigenvalue weighted by atomic mass is 127. The number of aliphatic imine (C=N–C) groups is 1. The van der Waals surface area contributed by atoms with E-state index in [9.17, 15) is 0 Å². The van der Waals surface area contributed by atoms with E-state index in [0.717, 1.165) is 25.6 Å². The van der Waals surface area contributed by atoms with Crippen molar-refractivity contribution in [3.8, 4) is 0 Å². The quantitative estimate of drug-likeness (QED) is 0.758. The van der Waals surface area contributed by atoms with E-state index in [2.05, 4.69) is 46.0 Å². The average Bonchev–Trinajstić information content (AvgIpc) is 3.09. The number of rotatable bonds is 4. The molecule has 0 atom stereocenters. The van der Waals surface area contributed by atoms with Gasteiger partial charge >= 0.3 is 0 Å². The van der Waals surface area contributed by atoms with Gasteiger partial charge in [-0.3, -0.25) is 4.99 Å². The van der Waals surface area contributed by atoms with E-state index in [1.54, 1.807) is 0 Å². The molecule has 0 radical (unpaired) electrons. The lowest BCUT2D eigenvalue weighted by Gasteiger charge is -2.29. The molecule has 0 unspecified atom stereocenters. The van der Waals surface area contributed by atoms with Gasteiger partial charge in [0.2, 0.25) is 0 Å². The second-order valence-corrected chi connectivity index (χ2v) is 6.86. The lowest BCUT2D eigenvalue weighted by atomic mass is 10.1. The van der Waals surface area contributed by atoms with Gasteiger partial charge in [0, 0.05) is 22.7 Å². The summed E-state index contributed by atoms with van der Waals surface area (Å²) in [5.74, 6) is 0.986. The molecule has 1 aliphatic heterocycles. The highest BCUT2D eigenvalue weighted by Crippen LogP contribution is 2.44. The molecule has 0 amide bonds. The zero-order valence-corrected chi connectivity index (χ0v) is 14.7. The molecule has 0 bridgehead atoms. The van der Waals surface area contributed by atoms with Crippen LogP contribution in [0.5, 0.6) is 0 Å². The lowest BCUT2D eigenvalue weighted by molar-refractivity contribution is 0.586. The van der Waals surface area contributed by atoms with Crippen molar-refractivity contribution in [3.63, 3.8) is 0 Å². The van der Waals surface area contributed by atoms with E-state index < -0.39 is 0 Å². The maximum Gasteiger partial charge on any atom is 0.191 e. The lowest BCUT2D eigenvalue weighted by Crippen LogP contribution is -2.42. The van der Waals surface area contributed by atoms with Gasteiger partial charge in [-0.2, -0.15) is 0 Å². The summed E-state index contributed by atoms with van der Waals surface area (Å²) in [6, 6.07) is 10.8. The van der Waals surface area contributed by atoms with Crippen LogP contribution in [0.25, 0.3) is 0 Å². The topological polar surface area (TPSA) is 36.4 Å². The Balaban J connectivity index is 0.00000147. The fourth-order valence-corrected chi connectivity index (χ4v) is 4.26. The zero-order chi connectivity index (χ0) is 13.0. The van der Waals surface area contributed by atoms with Crippen LogP contribution in [0.1, 0.15) is 25.7 Å². The van der Waals surface area contributed by atoms with Gasteiger partial charge < -0.3 is 10.6 Å². The van der Waals surface area contributed by atoms with Crippen molar-refractivity contribution in [1.82, 2.24) is 10.6 Å². The summed E-state index contributed by atoms with van der Waals surface area (Å²) < 4.78 is 0.341. The number of guanidine groups is 1. The van der Waals surface area contributed by atoms with Crippen LogP contribution >= 0.6 is 35.7 Å². The predicted octanol–water partition coefficient (Wildman–Crippen LogP) is 3.26. The number of hydrogen-bond donors (Lipinski definition) is 2. The van der Waals surface area contributed by atoms with Crippen molar-refractivity contribution in [3.05, 3.63) is 30.3 Å². The monoisotopic (exact) mass is 403 g/mol. The number of benzene rings is 1. The first kappa shape index (κ1) is 15.9. The van der Waals surface area contributed by atoms with E-state index in [1.807, 2.05) is 11.8 Å². The van der Waals surface area contributed by atoms with Crippen LogP contribution < -0.4 is 10.6 Å². The van der Waals surface area contributed by atoms with E-state index >= 15 is 0 Å². The molecule has 1 heterocycles. The second-order valence-electron chi connectivity index (χ2n) is 5.32. The molecule has 1 fully saturated rings. The van der Waals surface area contributed by atoms with Crippen molar-refractivity contribution >= 4 is 41.7 Å². The maximum atomic E-state index is 4.42. The van der Waals surface area contributed by atoms with Gasteiger partial charge in [0.1, 0.15) is 0 Å². The summed E-state index contributed by atoms with van der Waals surface area (Å²) in [7, 11) is 0. The van der Waals surface area contributed by atoms with Crippen LogP contribution in [-0.2, 0) is 0 Å². The largest absolute Gasteiger partial charge is 0.355 e. The molecular weight excluding hydrogens is 381 g/mol. The average molecular weight is 403 g/mol. The van der Waals surface area contributed by atoms with Gasteiger partial charge in [-0.1, -0.05) is 31.0 Å². The van der Waals surface area contributed by atoms with Gasteiger partial charge in [-0.25, -0.2) is 0 Å². The summed E-state index contributed by atoms with van der Waals surface area (Å²) in [5.41, 5.74) is 0. The van der Waals surface area contributed by atoms with Gasteiger partial charge in [-0.15, -0.1) is 35.7 Å². The third kappa shape index (κ3) is 4.04. The minimum atomic E-state index is 0. The summed E-state index contributed by atoms with van der Waals surface area (Å²) in [6.45, 7) is 2.89. The summed E-state index contributed by atoms with van der Waals surface area (Å²) in [6.07, 6.45) is 5.29. The molecule has 20 heavy (non-hydrogen) atoms. The summed E-state index contributed by atoms with van der Waals surface area (Å²) in [5, 5.41) is 6.79. The predicted molar refractivity (Wildman–Crippen MR) is 97.2 cm³/mol. The Morgan fingerprint density at radius 1 is 1.20 bits per heavy atom. The summed E-state index contributed by atoms with van der Waals surface area (Å²) in [4.78, 5) is 5.80. The standard InChI is InChI=1S/C15H21N3S.HI/c1-2-6-13(7-3-1)19-15(8-4-5-9-15)12-18-14-16-10-11-17-14;/h1-3,6-7H,4-5,8-12H2,(H2,16,17,18);1H. The molecule has 3 rings (SSSR count). The van der Waals surface area contributed by atoms with E-state index in [0.29, 0.717) is 4.75 Å². The van der Waals surface area contributed by atoms with Crippen molar-refractivity contribution < 1.29 is 0 Å². The SMILES string of the molecule is I.c1ccc(SC2(CNC3=NCCN3)CCCC2)cc1. The molecular formula is C15H22IN3S. The fourth-order valence-electron chi connectivity index (χ4n) is 2.83. The smallest absolute Gasteiger partial charge is 0.191 e. The van der Waals surface area contributed by atoms with Crippen LogP contribution in [0.3, 0.4) is 0 Å². The molecule has 1 aromatic carbocycles. The second kappa shape index (κ2) is 7.54. The first-order valence-corrected chi connectivity index (χ1v) is 7.94. The highest BCUT2D eigenvalue weighted by molar-refractivity contribution is 14.0. The zero-order valence-electron chi connectivity index (χ0n) is 11.6. The molecule has 0 aromatic heterocycles. The molecule has 3 nitrogen and oxygen atoms in total. The maximum absolute atomic E-state index is 4.42. The molecule has 2 N–H and O–H groups in total. The van der Waals surface area contributed by atoms with Crippen LogP contribution in [0, 0.1) is 0 Å². The van der Waals surface area contributed by atoms with E-state index in [4.69, 9.17) is 0 Å². The van der Waals surface area contributed by atoms with Crippen LogP contribution in [-0.4, -0.2) is 30.3 Å². The minimum Gasteiger partial charge on any atom is -0.355 e. The molecule has 1 saturated carbocycles. The van der Waals surface area contributed by atoms with Gasteiger partial charge in [0.25, 0.3) is 0 Å². The first-order valence-electron chi connectivity index (χ1n) is 7.13. The summed E-state index contributed by atoms with van der Waals surface area (Å²) >= 11 is 2.04. The molecule has 0 saturated heterocycles. The number of thioether (sulfide) groups is 1. The van der Waals surface area contributed by atoms with Crippen LogP contribution in [0.2, 0.25) is 0 Å². The molecule has 110 valence electrons. The Hall–Kier alpha value is -0.430. The highest BCUT2D eigenvalue weighted by Gasteiger charge is 2.35. The fraction of sp³-hybridized carbons (Fsp3) is 0.533. The Morgan fingerprint density at radius 3 is 2.60 bits per heavy atom. The number of nitrogens with zero attached hydrogens (tertiary/aromatic N) is 1. The Kier molecular flexibility index (Phi) is 6.01. The number of hydrogen-bond acceptors (Lipinski definition) is 4. The molecule has 0 spiro atoms. The molecule has 1 aromatic rings. The number of halogens is 1. The van der Waals surface area contributed by atoms with Gasteiger partial charge in [0.15, 0.2) is 5.96 Å².